The van der Waals surface area contributed by atoms with Crippen LogP contribution in [-0.4, -0.2) is 48.3 Å². The molecule has 2 N–H and O–H groups in total. The average molecular weight is 330 g/mol. The fourth-order valence-corrected chi connectivity index (χ4v) is 2.56. The van der Waals surface area contributed by atoms with Gasteiger partial charge in [-0.2, -0.15) is 0 Å². The van der Waals surface area contributed by atoms with Crippen LogP contribution in [0.25, 0.3) is 0 Å². The van der Waals surface area contributed by atoms with Crippen molar-refractivity contribution in [2.45, 2.75) is 84.2 Å². The van der Waals surface area contributed by atoms with Crippen LogP contribution in [0.4, 0.5) is 0 Å². The van der Waals surface area contributed by atoms with Crippen LogP contribution in [0.3, 0.4) is 0 Å². The number of nitrogens with one attached hydrogen (secondary N) is 1. The van der Waals surface area contributed by atoms with E-state index in [1.165, 1.54) is 44.9 Å². The minimum atomic E-state index is -0.852. The molecule has 1 unspecified atom stereocenters. The number of rotatable bonds is 14. The van der Waals surface area contributed by atoms with E-state index in [2.05, 4.69) is 12.2 Å². The number of hydrogen-bond acceptors (Lipinski definition) is 2. The second-order valence-corrected chi connectivity index (χ2v) is 7.15. The van der Waals surface area contributed by atoms with Gasteiger partial charge in [-0.1, -0.05) is 58.3 Å². The first-order valence-electron chi connectivity index (χ1n) is 9.13. The Morgan fingerprint density at radius 3 is 1.91 bits per heavy atom. The third-order valence-corrected chi connectivity index (χ3v) is 4.47. The highest BCUT2D eigenvalue weighted by Crippen LogP contribution is 2.11. The molecule has 0 rings (SSSR count). The molecule has 1 amide bonds. The molecule has 5 heteroatoms. The Balaban J connectivity index is 3.69. The minimum absolute atomic E-state index is 0.000518. The molecule has 0 aliphatic rings. The van der Waals surface area contributed by atoms with Crippen molar-refractivity contribution in [3.63, 3.8) is 0 Å². The van der Waals surface area contributed by atoms with Crippen molar-refractivity contribution >= 4 is 11.9 Å². The number of nitrogens with zero attached hydrogens (tertiary/aromatic N) is 1. The molecule has 0 aromatic heterocycles. The normalized spacial score (nSPS) is 12.9. The Morgan fingerprint density at radius 1 is 0.957 bits per heavy atom. The topological polar surface area (TPSA) is 66.4 Å². The number of carbonyl (C=O) groups excluding carboxylic acids is 1. The van der Waals surface area contributed by atoms with Crippen molar-refractivity contribution in [3.8, 4) is 0 Å². The number of likely N-dealkylation sites (N-methyl/N-ethyl adjacent to an activating group) is 1. The van der Waals surface area contributed by atoms with Crippen LogP contribution in [0.1, 0.15) is 78.1 Å². The number of carbonyl (C=O) groups is 2. The lowest BCUT2D eigenvalue weighted by atomic mass is 10.1. The zero-order valence-corrected chi connectivity index (χ0v) is 15.6. The molecule has 0 aliphatic carbocycles. The first-order valence-corrected chi connectivity index (χ1v) is 9.13. The van der Waals surface area contributed by atoms with Crippen molar-refractivity contribution in [2.75, 3.05) is 20.6 Å². The lowest BCUT2D eigenvalue weighted by molar-refractivity contribution is -0.908. The third kappa shape index (κ3) is 12.0. The number of hydrogen-bond donors (Lipinski definition) is 2. The second kappa shape index (κ2) is 12.3. The molecule has 136 valence electrons. The maximum atomic E-state index is 11.9. The fourth-order valence-electron chi connectivity index (χ4n) is 2.56. The van der Waals surface area contributed by atoms with Gasteiger partial charge in [0.05, 0.1) is 14.1 Å². The van der Waals surface area contributed by atoms with E-state index < -0.39 is 5.97 Å². The highest BCUT2D eigenvalue weighted by molar-refractivity contribution is 5.76. The monoisotopic (exact) mass is 329 g/mol. The highest BCUT2D eigenvalue weighted by atomic mass is 16.4. The molecule has 0 fully saturated rings. The summed E-state index contributed by atoms with van der Waals surface area (Å²) >= 11 is 0. The molecule has 0 radical (unpaired) electrons. The van der Waals surface area contributed by atoms with Crippen LogP contribution in [0, 0.1) is 0 Å². The second-order valence-electron chi connectivity index (χ2n) is 7.15. The van der Waals surface area contributed by atoms with Crippen molar-refractivity contribution in [3.05, 3.63) is 0 Å². The van der Waals surface area contributed by atoms with Crippen molar-refractivity contribution < 1.29 is 19.2 Å². The van der Waals surface area contributed by atoms with Gasteiger partial charge >= 0.3 is 5.97 Å². The standard InChI is InChI=1S/C18H36N2O3/c1-5-6-7-8-9-10-11-12-13-14-17(21)19-16(2)20(3,4)15-18(22)23/h16H,5-15H2,1-4H3,(H-,19,21,22,23)/p+1. The highest BCUT2D eigenvalue weighted by Gasteiger charge is 2.27. The lowest BCUT2D eigenvalue weighted by Crippen LogP contribution is -2.57. The summed E-state index contributed by atoms with van der Waals surface area (Å²) < 4.78 is 0.249. The van der Waals surface area contributed by atoms with E-state index in [0.717, 1.165) is 12.8 Å². The fraction of sp³-hybridized carbons (Fsp3) is 0.889. The molecule has 0 saturated heterocycles. The van der Waals surface area contributed by atoms with E-state index in [0.29, 0.717) is 6.42 Å². The molecular weight excluding hydrogens is 292 g/mol. The summed E-state index contributed by atoms with van der Waals surface area (Å²) in [4.78, 5) is 22.8. The van der Waals surface area contributed by atoms with E-state index in [1.807, 2.05) is 21.0 Å². The summed E-state index contributed by atoms with van der Waals surface area (Å²) in [6, 6.07) is 0. The number of quaternary nitrogens is 1. The van der Waals surface area contributed by atoms with Crippen LogP contribution >= 0.6 is 0 Å². The van der Waals surface area contributed by atoms with E-state index in [4.69, 9.17) is 5.11 Å². The Bertz CT molecular complexity index is 343. The molecule has 1 atom stereocenters. The van der Waals surface area contributed by atoms with E-state index in [9.17, 15) is 9.59 Å². The van der Waals surface area contributed by atoms with Gasteiger partial charge in [-0.05, 0) is 6.42 Å². The Hall–Kier alpha value is -1.10. The van der Waals surface area contributed by atoms with Crippen LogP contribution in [0.2, 0.25) is 0 Å². The summed E-state index contributed by atoms with van der Waals surface area (Å²) in [5.74, 6) is -0.827. The third-order valence-electron chi connectivity index (χ3n) is 4.47. The zero-order valence-electron chi connectivity index (χ0n) is 15.6. The number of carboxylic acid groups (broad SMARTS) is 1. The van der Waals surface area contributed by atoms with Gasteiger partial charge in [-0.15, -0.1) is 0 Å². The molecular formula is C18H37N2O3+. The smallest absolute Gasteiger partial charge is 0.359 e. The van der Waals surface area contributed by atoms with E-state index >= 15 is 0 Å². The van der Waals surface area contributed by atoms with Gasteiger partial charge in [0, 0.05) is 13.3 Å². The summed E-state index contributed by atoms with van der Waals surface area (Å²) in [5, 5.41) is 11.8. The minimum Gasteiger partial charge on any atom is -0.477 e. The predicted octanol–water partition coefficient (Wildman–Crippen LogP) is 3.53. The van der Waals surface area contributed by atoms with Crippen molar-refractivity contribution in [1.82, 2.24) is 5.32 Å². The van der Waals surface area contributed by atoms with Crippen LogP contribution in [0.5, 0.6) is 0 Å². The molecule has 23 heavy (non-hydrogen) atoms. The maximum absolute atomic E-state index is 11.9. The molecule has 0 saturated carbocycles. The number of carboxylic acids is 1. The van der Waals surface area contributed by atoms with Gasteiger partial charge in [-0.25, -0.2) is 4.79 Å². The van der Waals surface area contributed by atoms with E-state index in [-0.39, 0.29) is 23.1 Å². The number of amides is 1. The van der Waals surface area contributed by atoms with Crippen molar-refractivity contribution in [1.29, 1.82) is 0 Å². The SMILES string of the molecule is CCCCCCCCCCCC(=O)NC(C)[N+](C)(C)CC(=O)O. The molecule has 0 aromatic carbocycles. The quantitative estimate of drug-likeness (QED) is 0.291. The van der Waals surface area contributed by atoms with Gasteiger partial charge < -0.3 is 14.9 Å². The van der Waals surface area contributed by atoms with Crippen LogP contribution in [-0.2, 0) is 9.59 Å². The molecule has 0 spiro atoms. The lowest BCUT2D eigenvalue weighted by Gasteiger charge is -2.34. The maximum Gasteiger partial charge on any atom is 0.359 e. The average Bonchev–Trinajstić information content (AvgIpc) is 2.44. The molecule has 0 aromatic rings. The van der Waals surface area contributed by atoms with Gasteiger partial charge in [-0.3, -0.25) is 4.79 Å². The number of aliphatic carboxylic acids is 1. The van der Waals surface area contributed by atoms with Gasteiger partial charge in [0.1, 0.15) is 0 Å². The largest absolute Gasteiger partial charge is 0.477 e. The Labute approximate surface area is 142 Å². The van der Waals surface area contributed by atoms with Crippen LogP contribution in [0.15, 0.2) is 0 Å². The summed E-state index contributed by atoms with van der Waals surface area (Å²) in [6.45, 7) is 4.09. The molecule has 0 heterocycles. The van der Waals surface area contributed by atoms with Crippen molar-refractivity contribution in [2.24, 2.45) is 0 Å². The van der Waals surface area contributed by atoms with Gasteiger partial charge in [0.2, 0.25) is 5.91 Å². The summed E-state index contributed by atoms with van der Waals surface area (Å²) in [6.07, 6.45) is 11.4. The molecule has 0 bridgehead atoms. The van der Waals surface area contributed by atoms with Gasteiger partial charge in [0.15, 0.2) is 12.7 Å². The van der Waals surface area contributed by atoms with Crippen LogP contribution < -0.4 is 5.32 Å². The summed E-state index contributed by atoms with van der Waals surface area (Å²) in [5.41, 5.74) is 0. The molecule has 5 nitrogen and oxygen atoms in total. The van der Waals surface area contributed by atoms with E-state index in [1.54, 1.807) is 0 Å². The first kappa shape index (κ1) is 21.9. The first-order chi connectivity index (χ1) is 10.8. The number of unbranched alkanes of at least 4 members (excludes halogenated alkanes) is 8. The Morgan fingerprint density at radius 2 is 1.43 bits per heavy atom. The molecule has 0 aliphatic heterocycles. The summed E-state index contributed by atoms with van der Waals surface area (Å²) in [7, 11) is 3.63. The predicted molar refractivity (Wildman–Crippen MR) is 94.1 cm³/mol. The van der Waals surface area contributed by atoms with Gasteiger partial charge in [0.25, 0.3) is 0 Å². The Kier molecular flexibility index (Phi) is 11.7. The zero-order chi connectivity index (χ0) is 17.7.